The molecule has 0 aliphatic heterocycles. The minimum absolute atomic E-state index is 0.387. The smallest absolute Gasteiger partial charge is 0.343 e. The largest absolute Gasteiger partial charge is 0.423 e. The van der Waals surface area contributed by atoms with E-state index in [0.717, 1.165) is 0 Å². The average molecular weight is 280 g/mol. The Morgan fingerprint density at radius 2 is 1.65 bits per heavy atom. The second-order valence-corrected chi connectivity index (χ2v) is 7.18. The molecular formula is C16H14NO2Si. The monoisotopic (exact) mass is 280 g/mol. The third-order valence-electron chi connectivity index (χ3n) is 2.89. The summed E-state index contributed by atoms with van der Waals surface area (Å²) in [6.07, 6.45) is 0. The molecular weight excluding hydrogens is 266 g/mol. The summed E-state index contributed by atoms with van der Waals surface area (Å²) in [5, 5.41) is 9.99. The van der Waals surface area contributed by atoms with Crippen LogP contribution in [-0.4, -0.2) is 14.8 Å². The van der Waals surface area contributed by atoms with Gasteiger partial charge < -0.3 is 4.74 Å². The van der Waals surface area contributed by atoms with Crippen LogP contribution in [0.4, 0.5) is 0 Å². The molecule has 2 rings (SSSR count). The van der Waals surface area contributed by atoms with E-state index in [0.29, 0.717) is 16.9 Å². The highest BCUT2D eigenvalue weighted by Gasteiger charge is 2.09. The standard InChI is InChI=1S/C16H14NO2Si/c1-20(2)15-9-5-13(6-10-15)16(18)19-14-7-3-12(11-17)4-8-14/h3-10H,1-2H3. The minimum Gasteiger partial charge on any atom is -0.423 e. The van der Waals surface area contributed by atoms with Gasteiger partial charge in [-0.25, -0.2) is 4.79 Å². The lowest BCUT2D eigenvalue weighted by atomic mass is 10.2. The van der Waals surface area contributed by atoms with Gasteiger partial charge in [-0.2, -0.15) is 5.26 Å². The van der Waals surface area contributed by atoms with Crippen molar-refractivity contribution in [3.63, 3.8) is 0 Å². The summed E-state index contributed by atoms with van der Waals surface area (Å²) >= 11 is 0. The zero-order valence-corrected chi connectivity index (χ0v) is 12.4. The van der Waals surface area contributed by atoms with Gasteiger partial charge in [0.15, 0.2) is 0 Å². The van der Waals surface area contributed by atoms with Gasteiger partial charge in [-0.3, -0.25) is 0 Å². The molecule has 0 atom stereocenters. The Morgan fingerprint density at radius 3 is 2.15 bits per heavy atom. The van der Waals surface area contributed by atoms with E-state index >= 15 is 0 Å². The normalized spacial score (nSPS) is 10.1. The first kappa shape index (κ1) is 14.0. The van der Waals surface area contributed by atoms with Gasteiger partial charge in [0.05, 0.1) is 26.0 Å². The van der Waals surface area contributed by atoms with E-state index in [1.165, 1.54) is 5.19 Å². The Bertz CT molecular complexity index is 640. The van der Waals surface area contributed by atoms with Crippen LogP contribution in [0.25, 0.3) is 0 Å². The second-order valence-electron chi connectivity index (χ2n) is 4.60. The van der Waals surface area contributed by atoms with Gasteiger partial charge in [0.25, 0.3) is 0 Å². The van der Waals surface area contributed by atoms with E-state index in [2.05, 4.69) is 13.1 Å². The van der Waals surface area contributed by atoms with Crippen molar-refractivity contribution < 1.29 is 9.53 Å². The molecule has 0 N–H and O–H groups in total. The number of esters is 1. The fraction of sp³-hybridized carbons (Fsp3) is 0.125. The SMILES string of the molecule is C[Si](C)c1ccc(C(=O)Oc2ccc(C#N)cc2)cc1. The number of ether oxygens (including phenoxy) is 1. The van der Waals surface area contributed by atoms with Crippen LogP contribution < -0.4 is 9.92 Å². The van der Waals surface area contributed by atoms with Crippen molar-refractivity contribution in [2.24, 2.45) is 0 Å². The molecule has 0 saturated heterocycles. The van der Waals surface area contributed by atoms with Crippen LogP contribution in [0, 0.1) is 11.3 Å². The van der Waals surface area contributed by atoms with Gasteiger partial charge in [-0.15, -0.1) is 0 Å². The summed E-state index contributed by atoms with van der Waals surface area (Å²) in [6.45, 7) is 4.41. The third kappa shape index (κ3) is 3.34. The molecule has 0 aliphatic carbocycles. The fourth-order valence-corrected chi connectivity index (χ4v) is 2.54. The predicted molar refractivity (Wildman–Crippen MR) is 79.7 cm³/mol. The molecule has 0 aromatic heterocycles. The summed E-state index contributed by atoms with van der Waals surface area (Å²) in [6, 6.07) is 16.0. The van der Waals surface area contributed by atoms with E-state index in [1.54, 1.807) is 36.4 Å². The maximum Gasteiger partial charge on any atom is 0.343 e. The number of nitriles is 1. The first-order valence-electron chi connectivity index (χ1n) is 6.23. The van der Waals surface area contributed by atoms with Gasteiger partial charge >= 0.3 is 5.97 Å². The van der Waals surface area contributed by atoms with Crippen molar-refractivity contribution in [2.75, 3.05) is 0 Å². The number of nitrogens with zero attached hydrogens (tertiary/aromatic N) is 1. The molecule has 99 valence electrons. The van der Waals surface area contributed by atoms with Gasteiger partial charge in [-0.1, -0.05) is 30.4 Å². The average Bonchev–Trinajstić information content (AvgIpc) is 2.48. The summed E-state index contributed by atoms with van der Waals surface area (Å²) in [7, 11) is -0.503. The topological polar surface area (TPSA) is 50.1 Å². The molecule has 4 heteroatoms. The molecule has 0 amide bonds. The zero-order chi connectivity index (χ0) is 14.5. The first-order chi connectivity index (χ1) is 9.60. The number of hydrogen-bond donors (Lipinski definition) is 0. The van der Waals surface area contributed by atoms with E-state index < -0.39 is 8.80 Å². The summed E-state index contributed by atoms with van der Waals surface area (Å²) in [4.78, 5) is 12.0. The quantitative estimate of drug-likeness (QED) is 0.493. The van der Waals surface area contributed by atoms with Crippen molar-refractivity contribution in [1.82, 2.24) is 0 Å². The summed E-state index contributed by atoms with van der Waals surface area (Å²) in [5.41, 5.74) is 1.07. The number of hydrogen-bond acceptors (Lipinski definition) is 3. The van der Waals surface area contributed by atoms with Gasteiger partial charge in [0.2, 0.25) is 0 Å². The van der Waals surface area contributed by atoms with Gasteiger partial charge in [-0.05, 0) is 36.4 Å². The number of benzene rings is 2. The molecule has 0 saturated carbocycles. The number of rotatable bonds is 3. The Labute approximate surface area is 120 Å². The van der Waals surface area contributed by atoms with Crippen LogP contribution in [-0.2, 0) is 0 Å². The van der Waals surface area contributed by atoms with Crippen molar-refractivity contribution >= 4 is 20.0 Å². The molecule has 20 heavy (non-hydrogen) atoms. The molecule has 1 radical (unpaired) electrons. The highest BCUT2D eigenvalue weighted by atomic mass is 28.3. The molecule has 3 nitrogen and oxygen atoms in total. The van der Waals surface area contributed by atoms with Crippen LogP contribution in [0.2, 0.25) is 13.1 Å². The lowest BCUT2D eigenvalue weighted by Gasteiger charge is -2.06. The molecule has 0 fully saturated rings. The summed E-state index contributed by atoms with van der Waals surface area (Å²) < 4.78 is 5.26. The maximum atomic E-state index is 12.0. The molecule has 0 aliphatic rings. The Hall–Kier alpha value is -2.38. The fourth-order valence-electron chi connectivity index (χ4n) is 1.70. The predicted octanol–water partition coefficient (Wildman–Crippen LogP) is 2.74. The molecule has 2 aromatic carbocycles. The van der Waals surface area contributed by atoms with Crippen LogP contribution in [0.5, 0.6) is 5.75 Å². The third-order valence-corrected chi connectivity index (χ3v) is 4.38. The molecule has 0 unspecified atom stereocenters. The highest BCUT2D eigenvalue weighted by Crippen LogP contribution is 2.13. The highest BCUT2D eigenvalue weighted by molar-refractivity contribution is 6.70. The Kier molecular flexibility index (Phi) is 4.33. The van der Waals surface area contributed by atoms with Crippen LogP contribution in [0.3, 0.4) is 0 Å². The van der Waals surface area contributed by atoms with Crippen molar-refractivity contribution in [3.05, 3.63) is 59.7 Å². The van der Waals surface area contributed by atoms with Crippen LogP contribution in [0.15, 0.2) is 48.5 Å². The van der Waals surface area contributed by atoms with Crippen molar-refractivity contribution in [3.8, 4) is 11.8 Å². The maximum absolute atomic E-state index is 12.0. The van der Waals surface area contributed by atoms with Gasteiger partial charge in [0, 0.05) is 0 Å². The van der Waals surface area contributed by atoms with Crippen LogP contribution >= 0.6 is 0 Å². The van der Waals surface area contributed by atoms with Crippen LogP contribution in [0.1, 0.15) is 15.9 Å². The van der Waals surface area contributed by atoms with E-state index in [1.807, 2.05) is 18.2 Å². The molecule has 0 spiro atoms. The summed E-state index contributed by atoms with van der Waals surface area (Å²) in [5.74, 6) is 0.0519. The molecule has 2 aromatic rings. The molecule has 0 bridgehead atoms. The minimum atomic E-state index is -0.503. The Balaban J connectivity index is 2.09. The zero-order valence-electron chi connectivity index (χ0n) is 11.4. The number of carbonyl (C=O) groups is 1. The first-order valence-corrected chi connectivity index (χ1v) is 8.73. The number of carbonyl (C=O) groups excluding carboxylic acids is 1. The van der Waals surface area contributed by atoms with E-state index in [4.69, 9.17) is 10.00 Å². The lowest BCUT2D eigenvalue weighted by molar-refractivity contribution is 0.0735. The molecule has 0 heterocycles. The van der Waals surface area contributed by atoms with Crippen molar-refractivity contribution in [2.45, 2.75) is 13.1 Å². The Morgan fingerprint density at radius 1 is 1.05 bits per heavy atom. The van der Waals surface area contributed by atoms with E-state index in [9.17, 15) is 4.79 Å². The second kappa shape index (κ2) is 6.18. The van der Waals surface area contributed by atoms with E-state index in [-0.39, 0.29) is 5.97 Å². The lowest BCUT2D eigenvalue weighted by Crippen LogP contribution is -2.22. The van der Waals surface area contributed by atoms with Gasteiger partial charge in [0.1, 0.15) is 5.75 Å². The van der Waals surface area contributed by atoms with Crippen molar-refractivity contribution in [1.29, 1.82) is 5.26 Å².